The van der Waals surface area contributed by atoms with Crippen LogP contribution in [-0.2, 0) is 71.3 Å². The van der Waals surface area contributed by atoms with Crippen molar-refractivity contribution in [1.82, 2.24) is 0 Å². The zero-order chi connectivity index (χ0) is 67.6. The molecule has 24 atom stereocenters. The summed E-state index contributed by atoms with van der Waals surface area (Å²) in [6.07, 6.45) is -4.90. The first-order valence-corrected chi connectivity index (χ1v) is 27.0. The van der Waals surface area contributed by atoms with Crippen LogP contribution in [0, 0.1) is 0 Å². The molecule has 0 bridgehead atoms. The summed E-state index contributed by atoms with van der Waals surface area (Å²) in [7, 11) is 0.967. The predicted octanol–water partition coefficient (Wildman–Crippen LogP) is -22.4. The van der Waals surface area contributed by atoms with E-state index >= 15 is 0 Å². The monoisotopic (exact) mass is 1340 g/mol. The van der Waals surface area contributed by atoms with E-state index in [1.54, 1.807) is 0 Å². The molecular formula is C55H87Na5O30. The van der Waals surface area contributed by atoms with Crippen LogP contribution in [0.15, 0.2) is 0 Å². The fraction of sp³-hybridized carbons (Fsp3) is 0.909. The van der Waals surface area contributed by atoms with Crippen LogP contribution in [0.25, 0.3) is 0 Å². The van der Waals surface area contributed by atoms with Crippen LogP contribution in [0.1, 0.15) is 166 Å². The van der Waals surface area contributed by atoms with Crippen molar-refractivity contribution in [2.24, 2.45) is 0 Å². The first kappa shape index (κ1) is 91.5. The Hall–Kier alpha value is 1.55. The molecule has 0 aliphatic carbocycles. The largest absolute Gasteiger partial charge is 1.00 e. The van der Waals surface area contributed by atoms with Gasteiger partial charge in [-0.2, -0.15) is 0 Å². The molecule has 5 aliphatic heterocycles. The average molecular weight is 1340 g/mol. The second kappa shape index (κ2) is 25.0. The zero-order valence-electron chi connectivity index (χ0n) is 57.8. The third-order valence-corrected chi connectivity index (χ3v) is 23.0. The number of carboxylic acids is 5. The van der Waals surface area contributed by atoms with Gasteiger partial charge in [0.05, 0.1) is 35.4 Å². The molecule has 5 saturated heterocycles. The maximum absolute atomic E-state index is 14.0. The number of aliphatic hydroxyl groups is 10. The number of rotatable bonds is 14. The van der Waals surface area contributed by atoms with Gasteiger partial charge in [-0.25, -0.2) is 0 Å². The van der Waals surface area contributed by atoms with Crippen LogP contribution in [0.5, 0.6) is 0 Å². The van der Waals surface area contributed by atoms with Gasteiger partial charge >= 0.3 is 148 Å². The Labute approximate surface area is 633 Å². The van der Waals surface area contributed by atoms with E-state index in [9.17, 15) is 101 Å². The van der Waals surface area contributed by atoms with Crippen LogP contribution in [0.2, 0.25) is 0 Å². The Morgan fingerprint density at radius 2 is 0.544 bits per heavy atom. The fourth-order valence-corrected chi connectivity index (χ4v) is 14.0. The Morgan fingerprint density at radius 1 is 0.311 bits per heavy atom. The van der Waals surface area contributed by atoms with Gasteiger partial charge in [0.25, 0.3) is 0 Å². The van der Waals surface area contributed by atoms with Crippen LogP contribution in [-0.4, -0.2) is 230 Å². The molecule has 30 nitrogen and oxygen atoms in total. The number of aliphatic carboxylic acids is 5. The number of ether oxygens (including phenoxy) is 10. The SMILES string of the molecule is CO[C@]1(C)C(C)(C(=O)[O-])O[C@@](C)(O[C@@]2(C)C(O)C(C)(O)[C@](C)(O[C@]3(C)C(C)(C(=O)[O-])O[C@@](C)(O[C@@]4(C)C(C)(O)C(C)(O)[C@](C)(O[C@]5(C)C(C)(C(=O)[O-])OC(C)(C)[C@@H](O)C5(C)O)O[C@@]4(C)C(=O)[O-])C(C)(O)[C@@]3(C)O)O[C@@]2(C)C(=O)[O-])[C@@](C)(O)C1(C)O.[Na+].[Na+].[Na+].[Na+].[Na+]. The van der Waals surface area contributed by atoms with Gasteiger partial charge in [0.1, 0.15) is 113 Å². The Kier molecular flexibility index (Phi) is 25.4. The molecule has 5 aliphatic rings. The van der Waals surface area contributed by atoms with Crippen LogP contribution in [0.3, 0.4) is 0 Å². The third kappa shape index (κ3) is 10.7. The van der Waals surface area contributed by atoms with Gasteiger partial charge in [-0.15, -0.1) is 0 Å². The molecule has 0 aromatic rings. The van der Waals surface area contributed by atoms with E-state index in [1.807, 2.05) is 0 Å². The molecule has 5 rings (SSSR count). The summed E-state index contributed by atoms with van der Waals surface area (Å²) >= 11 is 0. The van der Waals surface area contributed by atoms with Crippen molar-refractivity contribution in [2.45, 2.75) is 308 Å². The molecule has 0 aromatic carbocycles. The Balaban J connectivity index is 0.0000158. The minimum absolute atomic E-state index is 0. The molecule has 0 aromatic heterocycles. The molecular weight excluding hydrogens is 1260 g/mol. The van der Waals surface area contributed by atoms with Gasteiger partial charge in [-0.3, -0.25) is 0 Å². The topological polar surface area (TPSA) is 495 Å². The van der Waals surface area contributed by atoms with Gasteiger partial charge in [-0.1, -0.05) is 0 Å². The molecule has 5 heterocycles. The number of hydrogen-bond donors (Lipinski definition) is 10. The molecule has 0 radical (unpaired) electrons. The predicted molar refractivity (Wildman–Crippen MR) is 271 cm³/mol. The van der Waals surface area contributed by atoms with E-state index in [4.69, 9.17) is 47.4 Å². The summed E-state index contributed by atoms with van der Waals surface area (Å²) in [5, 5.41) is 193. The molecule has 0 saturated carbocycles. The maximum atomic E-state index is 14.0. The van der Waals surface area contributed by atoms with Gasteiger partial charge in [0.2, 0.25) is 0 Å². The van der Waals surface area contributed by atoms with Gasteiger partial charge in [0, 0.05) is 7.11 Å². The van der Waals surface area contributed by atoms with Crippen molar-refractivity contribution in [3.8, 4) is 0 Å². The van der Waals surface area contributed by atoms with Crippen molar-refractivity contribution in [1.29, 1.82) is 0 Å². The fourth-order valence-electron chi connectivity index (χ4n) is 14.0. The molecule has 35 heteroatoms. The van der Waals surface area contributed by atoms with Crippen molar-refractivity contribution in [3.05, 3.63) is 0 Å². The van der Waals surface area contributed by atoms with Crippen molar-refractivity contribution < 1.29 is 296 Å². The molecule has 90 heavy (non-hydrogen) atoms. The van der Waals surface area contributed by atoms with Gasteiger partial charge in [0.15, 0.2) is 23.1 Å². The van der Waals surface area contributed by atoms with Crippen LogP contribution >= 0.6 is 0 Å². The molecule has 492 valence electrons. The minimum atomic E-state index is -3.48. The summed E-state index contributed by atoms with van der Waals surface area (Å²) < 4.78 is 60.9. The minimum Gasteiger partial charge on any atom is -0.547 e. The number of carbonyl (C=O) groups excluding carboxylic acids is 5. The summed E-state index contributed by atoms with van der Waals surface area (Å²) in [5.74, 6) is -24.2. The van der Waals surface area contributed by atoms with E-state index in [1.165, 1.54) is 13.8 Å². The summed E-state index contributed by atoms with van der Waals surface area (Å²) in [6, 6.07) is 0. The Bertz CT molecular complexity index is 2820. The Morgan fingerprint density at radius 3 is 0.833 bits per heavy atom. The smallest absolute Gasteiger partial charge is 0.547 e. The van der Waals surface area contributed by atoms with Crippen LogP contribution in [0.4, 0.5) is 0 Å². The van der Waals surface area contributed by atoms with Gasteiger partial charge < -0.3 is 148 Å². The van der Waals surface area contributed by atoms with Crippen molar-refractivity contribution in [2.75, 3.05) is 7.11 Å². The quantitative estimate of drug-likeness (QED) is 0.0722. The standard InChI is InChI=1S/C55H92O30.5Na/c1-33(2)26(56)34(3,68)48(17,38(7,77-33)29(60)61)83-54(23)46(15,74)44(13,72)51(20,41(10,81-54)32(66)67)85-55(24)47(16,75)43(12,71)50(19,40(9,82-55)31(64)65)84-52(21)35(4,69)27(57)36(5,37(6,79-52)28(58)59)78-53(22)45(14,73)42(11,70)49(18,76-25)39(8,80-53)30(62)63;;;;;/h26-27,56-57,68-75H,1-25H3,(H,58,59)(H,60,61)(H,62,63)(H,64,65)(H,66,67);;;;;/q;5*+1/p-5/t26-,27?,34?,35?,36+,37+,38?,39?,40?,41+,42?,43-,44?,45+,46?,47?,48+,49-,50-,51-,52+,53-,54+,55+;;;;;/m1...../s1. The summed E-state index contributed by atoms with van der Waals surface area (Å²) in [6.45, 7) is 19.6. The van der Waals surface area contributed by atoms with E-state index in [0.29, 0.717) is 62.3 Å². The molecule has 0 amide bonds. The normalized spacial score (nSPS) is 54.8. The second-order valence-corrected chi connectivity index (χ2v) is 27.9. The van der Waals surface area contributed by atoms with Gasteiger partial charge in [-0.05, 0) is 166 Å². The molecule has 10 unspecified atom stereocenters. The third-order valence-electron chi connectivity index (χ3n) is 23.0. The number of carboxylic acid groups (broad SMARTS) is 5. The number of carbonyl (C=O) groups is 5. The van der Waals surface area contributed by atoms with E-state index in [0.717, 1.165) is 97.1 Å². The molecule has 10 N–H and O–H groups in total. The van der Waals surface area contributed by atoms with E-state index in [2.05, 4.69) is 0 Å². The van der Waals surface area contributed by atoms with E-state index in [-0.39, 0.29) is 148 Å². The molecule has 5 fully saturated rings. The number of methoxy groups -OCH3 is 1. The van der Waals surface area contributed by atoms with Crippen LogP contribution < -0.4 is 173 Å². The first-order chi connectivity index (χ1) is 37.0. The van der Waals surface area contributed by atoms with E-state index < -0.39 is 172 Å². The summed E-state index contributed by atoms with van der Waals surface area (Å²) in [5.41, 5.74) is -58.2. The maximum Gasteiger partial charge on any atom is 1.00 e. The summed E-state index contributed by atoms with van der Waals surface area (Å²) in [4.78, 5) is 67.7. The van der Waals surface area contributed by atoms with Crippen molar-refractivity contribution in [3.63, 3.8) is 0 Å². The number of hydrogen-bond acceptors (Lipinski definition) is 30. The first-order valence-electron chi connectivity index (χ1n) is 27.0. The number of aliphatic hydroxyl groups excluding tert-OH is 2. The van der Waals surface area contributed by atoms with Crippen molar-refractivity contribution >= 4 is 29.8 Å². The average Bonchev–Trinajstić information content (AvgIpc) is 3.31. The zero-order valence-corrected chi connectivity index (χ0v) is 67.8. The second-order valence-electron chi connectivity index (χ2n) is 27.9. The molecule has 0 spiro atoms.